The van der Waals surface area contributed by atoms with Crippen molar-refractivity contribution in [2.75, 3.05) is 0 Å². The van der Waals surface area contributed by atoms with Gasteiger partial charge in [0.25, 0.3) is 0 Å². The molecule has 0 unspecified atom stereocenters. The van der Waals surface area contributed by atoms with Crippen LogP contribution in [0.3, 0.4) is 0 Å². The maximum absolute atomic E-state index is 4.61. The Kier molecular flexibility index (Phi) is 2.66. The van der Waals surface area contributed by atoms with Gasteiger partial charge in [0.05, 0.1) is 39.4 Å². The number of pyridine rings is 3. The highest BCUT2D eigenvalue weighted by atomic mass is 127. The molecule has 4 rings (SSSR count). The van der Waals surface area contributed by atoms with Crippen molar-refractivity contribution in [2.45, 2.75) is 0 Å². The minimum Gasteiger partial charge on any atom is -0.280 e. The number of rotatable bonds is 1. The third-order valence-electron chi connectivity index (χ3n) is 3.34. The van der Waals surface area contributed by atoms with Crippen LogP contribution in [0.1, 0.15) is 0 Å². The summed E-state index contributed by atoms with van der Waals surface area (Å²) in [5.41, 5.74) is 5.34. The number of hydrogen-bond donors (Lipinski definition) is 0. The van der Waals surface area contributed by atoms with Gasteiger partial charge in [-0.3, -0.25) is 17.7 Å². The van der Waals surface area contributed by atoms with E-state index in [4.69, 9.17) is 0 Å². The van der Waals surface area contributed by atoms with E-state index in [9.17, 15) is 0 Å². The average Bonchev–Trinajstić information content (AvgIpc) is 2.81. The molecule has 96 valence electrons. The standard InChI is InChI=1S/C15H9IN4/c16-20-13-3-5-18-9-12(13)15-14(20)6-11(8-19-15)10-2-1-4-17-7-10/h1-9H. The zero-order valence-corrected chi connectivity index (χ0v) is 12.5. The molecule has 0 aliphatic heterocycles. The Morgan fingerprint density at radius 1 is 0.900 bits per heavy atom. The minimum absolute atomic E-state index is 0.982. The van der Waals surface area contributed by atoms with Crippen LogP contribution in [0.4, 0.5) is 0 Å². The van der Waals surface area contributed by atoms with Crippen LogP contribution in [-0.4, -0.2) is 17.7 Å². The summed E-state index contributed by atoms with van der Waals surface area (Å²) in [7, 11) is 0. The second kappa shape index (κ2) is 4.52. The fourth-order valence-electron chi connectivity index (χ4n) is 2.37. The molecule has 0 spiro atoms. The smallest absolute Gasteiger partial charge is 0.0983 e. The molecular formula is C15H9IN4. The highest BCUT2D eigenvalue weighted by molar-refractivity contribution is 14.1. The molecule has 0 atom stereocenters. The van der Waals surface area contributed by atoms with Crippen LogP contribution in [0.5, 0.6) is 0 Å². The molecule has 0 amide bonds. The first-order valence-corrected chi connectivity index (χ1v) is 7.12. The van der Waals surface area contributed by atoms with Crippen molar-refractivity contribution in [3.8, 4) is 11.1 Å². The molecule has 4 nitrogen and oxygen atoms in total. The monoisotopic (exact) mass is 372 g/mol. The fraction of sp³-hybridized carbons (Fsp3) is 0. The quantitative estimate of drug-likeness (QED) is 0.477. The predicted molar refractivity (Wildman–Crippen MR) is 87.7 cm³/mol. The lowest BCUT2D eigenvalue weighted by Gasteiger charge is -2.01. The lowest BCUT2D eigenvalue weighted by Crippen LogP contribution is -1.84. The van der Waals surface area contributed by atoms with Crippen molar-refractivity contribution >= 4 is 44.8 Å². The van der Waals surface area contributed by atoms with Crippen molar-refractivity contribution in [3.05, 3.63) is 55.2 Å². The lowest BCUT2D eigenvalue weighted by molar-refractivity contribution is 1.32. The molecule has 4 heterocycles. The van der Waals surface area contributed by atoms with Gasteiger partial charge >= 0.3 is 0 Å². The van der Waals surface area contributed by atoms with Gasteiger partial charge in [0, 0.05) is 47.5 Å². The summed E-state index contributed by atoms with van der Waals surface area (Å²) in [4.78, 5) is 13.0. The van der Waals surface area contributed by atoms with Gasteiger partial charge in [-0.25, -0.2) is 0 Å². The largest absolute Gasteiger partial charge is 0.280 e. The van der Waals surface area contributed by atoms with Crippen LogP contribution in [0.2, 0.25) is 0 Å². The SMILES string of the molecule is In1c2ccncc2c2ncc(-c3cccnc3)cc21. The summed E-state index contributed by atoms with van der Waals surface area (Å²) in [5.74, 6) is 0. The topological polar surface area (TPSA) is 43.6 Å². The molecule has 0 aromatic carbocycles. The number of halogens is 1. The number of fused-ring (bicyclic) bond motifs is 3. The molecule has 20 heavy (non-hydrogen) atoms. The van der Waals surface area contributed by atoms with Crippen LogP contribution >= 0.6 is 22.9 Å². The maximum atomic E-state index is 4.61. The van der Waals surface area contributed by atoms with Crippen LogP contribution in [0.25, 0.3) is 33.1 Å². The maximum Gasteiger partial charge on any atom is 0.0983 e. The second-order valence-electron chi connectivity index (χ2n) is 4.51. The summed E-state index contributed by atoms with van der Waals surface area (Å²) >= 11 is 2.30. The van der Waals surface area contributed by atoms with Gasteiger partial charge in [0.2, 0.25) is 0 Å². The molecule has 0 aliphatic carbocycles. The Labute approximate surface area is 129 Å². The molecule has 0 bridgehead atoms. The molecule has 0 N–H and O–H groups in total. The molecule has 4 aromatic rings. The highest BCUT2D eigenvalue weighted by Gasteiger charge is 2.11. The Balaban J connectivity index is 2.05. The summed E-state index contributed by atoms with van der Waals surface area (Å²) in [6.07, 6.45) is 9.19. The summed E-state index contributed by atoms with van der Waals surface area (Å²) in [5, 5.41) is 1.08. The second-order valence-corrected chi connectivity index (χ2v) is 5.47. The van der Waals surface area contributed by atoms with Gasteiger partial charge in [-0.1, -0.05) is 6.07 Å². The summed E-state index contributed by atoms with van der Waals surface area (Å²) in [6, 6.07) is 8.12. The lowest BCUT2D eigenvalue weighted by atomic mass is 10.1. The summed E-state index contributed by atoms with van der Waals surface area (Å²) < 4.78 is 2.12. The zero-order chi connectivity index (χ0) is 13.5. The van der Waals surface area contributed by atoms with E-state index in [0.717, 1.165) is 33.1 Å². The third-order valence-corrected chi connectivity index (χ3v) is 4.38. The van der Waals surface area contributed by atoms with Gasteiger partial charge in [-0.05, 0) is 18.2 Å². The predicted octanol–water partition coefficient (Wildman–Crippen LogP) is 3.84. The first-order chi connectivity index (χ1) is 9.84. The molecular weight excluding hydrogens is 363 g/mol. The number of hydrogen-bond acceptors (Lipinski definition) is 3. The minimum atomic E-state index is 0.982. The Bertz CT molecular complexity index is 915. The van der Waals surface area contributed by atoms with E-state index in [2.05, 4.69) is 46.7 Å². The fourth-order valence-corrected chi connectivity index (χ4v) is 3.16. The van der Waals surface area contributed by atoms with Crippen LogP contribution in [-0.2, 0) is 0 Å². The van der Waals surface area contributed by atoms with E-state index >= 15 is 0 Å². The Hall–Kier alpha value is -2.02. The average molecular weight is 372 g/mol. The summed E-state index contributed by atoms with van der Waals surface area (Å²) in [6.45, 7) is 0. The van der Waals surface area contributed by atoms with Crippen LogP contribution in [0.15, 0.2) is 55.2 Å². The van der Waals surface area contributed by atoms with Crippen LogP contribution in [0, 0.1) is 0 Å². The van der Waals surface area contributed by atoms with Crippen molar-refractivity contribution in [2.24, 2.45) is 0 Å². The van der Waals surface area contributed by atoms with E-state index in [1.54, 1.807) is 12.4 Å². The molecule has 0 fully saturated rings. The zero-order valence-electron chi connectivity index (χ0n) is 10.4. The first kappa shape index (κ1) is 11.8. The van der Waals surface area contributed by atoms with Crippen molar-refractivity contribution in [1.82, 2.24) is 17.7 Å². The van der Waals surface area contributed by atoms with Crippen LogP contribution < -0.4 is 0 Å². The highest BCUT2D eigenvalue weighted by Crippen LogP contribution is 2.31. The van der Waals surface area contributed by atoms with E-state index in [0.29, 0.717) is 0 Å². The normalized spacial score (nSPS) is 11.2. The van der Waals surface area contributed by atoms with Gasteiger partial charge in [-0.2, -0.15) is 0 Å². The van der Waals surface area contributed by atoms with Gasteiger partial charge in [-0.15, -0.1) is 0 Å². The van der Waals surface area contributed by atoms with Crippen molar-refractivity contribution in [3.63, 3.8) is 0 Å². The first-order valence-electron chi connectivity index (χ1n) is 6.15. The molecule has 0 radical (unpaired) electrons. The molecule has 5 heteroatoms. The third kappa shape index (κ3) is 1.70. The molecule has 0 saturated carbocycles. The van der Waals surface area contributed by atoms with E-state index in [1.807, 2.05) is 36.8 Å². The van der Waals surface area contributed by atoms with E-state index in [1.165, 1.54) is 0 Å². The number of aromatic nitrogens is 4. The van der Waals surface area contributed by atoms with Crippen molar-refractivity contribution < 1.29 is 0 Å². The van der Waals surface area contributed by atoms with Gasteiger partial charge < -0.3 is 0 Å². The van der Waals surface area contributed by atoms with Gasteiger partial charge in [0.1, 0.15) is 0 Å². The number of nitrogens with zero attached hydrogens (tertiary/aromatic N) is 4. The Morgan fingerprint density at radius 3 is 2.65 bits per heavy atom. The van der Waals surface area contributed by atoms with Gasteiger partial charge in [0.15, 0.2) is 0 Å². The molecule has 0 aliphatic rings. The van der Waals surface area contributed by atoms with E-state index < -0.39 is 0 Å². The van der Waals surface area contributed by atoms with Crippen molar-refractivity contribution in [1.29, 1.82) is 0 Å². The Morgan fingerprint density at radius 2 is 1.80 bits per heavy atom. The molecule has 4 aromatic heterocycles. The van der Waals surface area contributed by atoms with E-state index in [-0.39, 0.29) is 0 Å². The molecule has 0 saturated heterocycles.